The lowest BCUT2D eigenvalue weighted by Crippen LogP contribution is -1.91. The number of aromatic nitrogens is 2. The highest BCUT2D eigenvalue weighted by atomic mass is 32.1. The van der Waals surface area contributed by atoms with Crippen LogP contribution in [0.3, 0.4) is 0 Å². The molecule has 2 aromatic carbocycles. The van der Waals surface area contributed by atoms with Crippen LogP contribution in [-0.4, -0.2) is 15.5 Å². The van der Waals surface area contributed by atoms with E-state index < -0.39 is 0 Å². The number of rotatable bonds is 3. The van der Waals surface area contributed by atoms with Gasteiger partial charge in [-0.1, -0.05) is 36.5 Å². The van der Waals surface area contributed by atoms with E-state index in [9.17, 15) is 0 Å². The lowest BCUT2D eigenvalue weighted by Gasteiger charge is -2.05. The minimum absolute atomic E-state index is 0.532. The summed E-state index contributed by atoms with van der Waals surface area (Å²) in [5.41, 5.74) is 11.6. The highest BCUT2D eigenvalue weighted by Crippen LogP contribution is 2.37. The van der Waals surface area contributed by atoms with Crippen LogP contribution in [0.15, 0.2) is 48.8 Å². The number of nitrogens with one attached hydrogen (secondary N) is 1. The smallest absolute Gasteiger partial charge is 0.144 e. The second-order valence-corrected chi connectivity index (χ2v) is 6.38. The first-order chi connectivity index (χ1) is 11.3. The molecule has 23 heavy (non-hydrogen) atoms. The van der Waals surface area contributed by atoms with Crippen LogP contribution < -0.4 is 11.1 Å². The van der Waals surface area contributed by atoms with Crippen molar-refractivity contribution < 1.29 is 0 Å². The first-order valence-corrected chi connectivity index (χ1v) is 8.28. The molecule has 0 saturated carbocycles. The zero-order valence-corrected chi connectivity index (χ0v) is 13.6. The molecule has 0 bridgehead atoms. The van der Waals surface area contributed by atoms with Gasteiger partial charge in [-0.15, -0.1) is 11.3 Å². The number of nitrogen functional groups attached to an aromatic ring is 1. The fourth-order valence-corrected chi connectivity index (χ4v) is 3.86. The third kappa shape index (κ3) is 2.42. The van der Waals surface area contributed by atoms with Gasteiger partial charge in [-0.25, -0.2) is 9.97 Å². The molecule has 0 atom stereocenters. The van der Waals surface area contributed by atoms with Gasteiger partial charge in [0.1, 0.15) is 12.1 Å². The SMILES string of the molecule is Nc1ncnc2c1sc1cc(-c3cccc(NC=S)c3)ccc12. The van der Waals surface area contributed by atoms with E-state index in [-0.39, 0.29) is 0 Å². The van der Waals surface area contributed by atoms with Gasteiger partial charge >= 0.3 is 0 Å². The second-order valence-electron chi connectivity index (χ2n) is 5.09. The van der Waals surface area contributed by atoms with Gasteiger partial charge < -0.3 is 11.1 Å². The molecule has 0 aliphatic carbocycles. The zero-order chi connectivity index (χ0) is 15.8. The average molecular weight is 336 g/mol. The molecule has 2 heterocycles. The molecule has 0 saturated heterocycles. The van der Waals surface area contributed by atoms with E-state index in [1.165, 1.54) is 11.8 Å². The first-order valence-electron chi connectivity index (χ1n) is 6.99. The van der Waals surface area contributed by atoms with E-state index in [0.29, 0.717) is 5.82 Å². The number of thiocarbonyl (C=S) groups is 1. The van der Waals surface area contributed by atoms with Gasteiger partial charge in [-0.2, -0.15) is 0 Å². The Hall–Kier alpha value is -2.57. The number of benzene rings is 2. The van der Waals surface area contributed by atoms with Gasteiger partial charge in [0.05, 0.1) is 15.7 Å². The third-order valence-electron chi connectivity index (χ3n) is 3.70. The Balaban J connectivity index is 1.89. The highest BCUT2D eigenvalue weighted by Gasteiger charge is 2.10. The Kier molecular flexibility index (Phi) is 3.40. The van der Waals surface area contributed by atoms with E-state index in [1.807, 2.05) is 12.1 Å². The molecule has 4 rings (SSSR count). The summed E-state index contributed by atoms with van der Waals surface area (Å²) in [6.07, 6.45) is 1.51. The normalized spacial score (nSPS) is 11.0. The van der Waals surface area contributed by atoms with Gasteiger partial charge in [0, 0.05) is 15.8 Å². The molecule has 6 heteroatoms. The molecule has 4 nitrogen and oxygen atoms in total. The lowest BCUT2D eigenvalue weighted by atomic mass is 10.0. The molecule has 4 aromatic rings. The topological polar surface area (TPSA) is 63.8 Å². The first kappa shape index (κ1) is 14.0. The van der Waals surface area contributed by atoms with Crippen molar-refractivity contribution in [1.29, 1.82) is 0 Å². The molecule has 3 N–H and O–H groups in total. The van der Waals surface area contributed by atoms with E-state index in [0.717, 1.165) is 37.1 Å². The maximum Gasteiger partial charge on any atom is 0.144 e. The Bertz CT molecular complexity index is 1040. The number of nitrogens with two attached hydrogens (primary N) is 1. The largest absolute Gasteiger partial charge is 0.382 e. The zero-order valence-electron chi connectivity index (χ0n) is 12.0. The summed E-state index contributed by atoms with van der Waals surface area (Å²) in [6.45, 7) is 0. The monoisotopic (exact) mass is 336 g/mol. The van der Waals surface area contributed by atoms with Crippen LogP contribution >= 0.6 is 23.6 Å². The van der Waals surface area contributed by atoms with Crippen LogP contribution in [-0.2, 0) is 0 Å². The number of anilines is 2. The van der Waals surface area contributed by atoms with Crippen molar-refractivity contribution in [3.63, 3.8) is 0 Å². The molecule has 0 unspecified atom stereocenters. The van der Waals surface area contributed by atoms with Crippen molar-refractivity contribution in [3.8, 4) is 11.1 Å². The van der Waals surface area contributed by atoms with E-state index in [1.54, 1.807) is 11.3 Å². The summed E-state index contributed by atoms with van der Waals surface area (Å²) in [7, 11) is 0. The van der Waals surface area contributed by atoms with Crippen LogP contribution in [0.1, 0.15) is 0 Å². The van der Waals surface area contributed by atoms with Crippen LogP contribution in [0.5, 0.6) is 0 Å². The number of thiophene rings is 1. The number of hydrogen-bond donors (Lipinski definition) is 2. The van der Waals surface area contributed by atoms with Crippen LogP contribution in [0.25, 0.3) is 31.4 Å². The molecule has 0 fully saturated rings. The highest BCUT2D eigenvalue weighted by molar-refractivity contribution is 7.79. The van der Waals surface area contributed by atoms with Gasteiger partial charge in [0.15, 0.2) is 0 Å². The van der Waals surface area contributed by atoms with E-state index in [2.05, 4.69) is 45.6 Å². The van der Waals surface area contributed by atoms with Crippen molar-refractivity contribution in [1.82, 2.24) is 9.97 Å². The molecule has 0 spiro atoms. The summed E-state index contributed by atoms with van der Waals surface area (Å²) in [6, 6.07) is 14.5. The number of hydrogen-bond acceptors (Lipinski definition) is 5. The standard InChI is InChI=1S/C17H12N4S2/c18-17-16-15(19-8-20-17)13-5-4-11(7-14(13)23-16)10-2-1-3-12(6-10)21-9-22/h1-9H,(H,21,22)(H2,18,19,20). The third-order valence-corrected chi connectivity index (χ3v) is 4.98. The van der Waals surface area contributed by atoms with Crippen molar-refractivity contribution >= 4 is 60.9 Å². The molecule has 0 radical (unpaired) electrons. The molecular weight excluding hydrogens is 324 g/mol. The minimum atomic E-state index is 0.532. The number of fused-ring (bicyclic) bond motifs is 3. The molecule has 0 aliphatic heterocycles. The Morgan fingerprint density at radius 3 is 2.83 bits per heavy atom. The summed E-state index contributed by atoms with van der Waals surface area (Å²) in [4.78, 5) is 8.44. The molecule has 112 valence electrons. The average Bonchev–Trinajstić information content (AvgIpc) is 2.95. The second kappa shape index (κ2) is 5.57. The van der Waals surface area contributed by atoms with Crippen molar-refractivity contribution in [3.05, 3.63) is 48.8 Å². The summed E-state index contributed by atoms with van der Waals surface area (Å²) >= 11 is 6.47. The predicted octanol–water partition coefficient (Wildman–Crippen LogP) is 4.46. The van der Waals surface area contributed by atoms with E-state index in [4.69, 9.17) is 18.0 Å². The quantitative estimate of drug-likeness (QED) is 0.541. The summed E-state index contributed by atoms with van der Waals surface area (Å²) in [5.74, 6) is 0.532. The van der Waals surface area contributed by atoms with Gasteiger partial charge in [-0.05, 0) is 29.3 Å². The van der Waals surface area contributed by atoms with E-state index >= 15 is 0 Å². The van der Waals surface area contributed by atoms with Crippen molar-refractivity contribution in [2.45, 2.75) is 0 Å². The summed E-state index contributed by atoms with van der Waals surface area (Å²) < 4.78 is 2.09. The van der Waals surface area contributed by atoms with Gasteiger partial charge in [0.2, 0.25) is 0 Å². The molecule has 0 aliphatic rings. The van der Waals surface area contributed by atoms with Crippen LogP contribution in [0.4, 0.5) is 11.5 Å². The molecular formula is C17H12N4S2. The lowest BCUT2D eigenvalue weighted by molar-refractivity contribution is 1.24. The Morgan fingerprint density at radius 1 is 1.09 bits per heavy atom. The maximum absolute atomic E-state index is 5.96. The summed E-state index contributed by atoms with van der Waals surface area (Å²) in [5, 5.41) is 4.15. The number of nitrogens with zero attached hydrogens (tertiary/aromatic N) is 2. The van der Waals surface area contributed by atoms with Gasteiger partial charge in [0.25, 0.3) is 0 Å². The maximum atomic E-state index is 5.96. The van der Waals surface area contributed by atoms with Gasteiger partial charge in [-0.3, -0.25) is 0 Å². The minimum Gasteiger partial charge on any atom is -0.382 e. The molecule has 0 amide bonds. The van der Waals surface area contributed by atoms with Crippen molar-refractivity contribution in [2.24, 2.45) is 0 Å². The van der Waals surface area contributed by atoms with Crippen LogP contribution in [0.2, 0.25) is 0 Å². The Morgan fingerprint density at radius 2 is 1.96 bits per heavy atom. The van der Waals surface area contributed by atoms with Crippen molar-refractivity contribution in [2.75, 3.05) is 11.1 Å². The fraction of sp³-hybridized carbons (Fsp3) is 0. The molecule has 2 aromatic heterocycles. The van der Waals surface area contributed by atoms with Crippen LogP contribution in [0, 0.1) is 0 Å². The predicted molar refractivity (Wildman–Crippen MR) is 102 cm³/mol. The fourth-order valence-electron chi connectivity index (χ4n) is 2.63. The Labute approximate surface area is 142 Å².